The minimum Gasteiger partial charge on any atom is -0.357 e. The smallest absolute Gasteiger partial charge is 0.207 e. The first-order valence-electron chi connectivity index (χ1n) is 8.59. The Balaban J connectivity index is -0.000000309. The molecule has 0 saturated carbocycles. The maximum Gasteiger partial charge on any atom is 0.207 e. The molecule has 0 atom stereocenters. The number of aldehydes is 2. The highest BCUT2D eigenvalue weighted by molar-refractivity contribution is 5.82. The summed E-state index contributed by atoms with van der Waals surface area (Å²) in [6.07, 6.45) is 2.10. The Morgan fingerprint density at radius 3 is 1.37 bits per heavy atom. The van der Waals surface area contributed by atoms with Gasteiger partial charge < -0.3 is 33.2 Å². The van der Waals surface area contributed by atoms with E-state index in [9.17, 15) is 14.4 Å². The Labute approximate surface area is 162 Å². The van der Waals surface area contributed by atoms with E-state index >= 15 is 0 Å². The van der Waals surface area contributed by atoms with E-state index in [-0.39, 0.29) is 0 Å². The number of aryl methyl sites for hydroxylation is 1. The molecule has 0 aliphatic carbocycles. The molecule has 1 aromatic carbocycles. The van der Waals surface area contributed by atoms with Crippen molar-refractivity contribution in [3.8, 4) is 0 Å². The molecule has 1 amide bonds. The number of rotatable bonds is 9. The fraction of sp³-hybridized carbons (Fsp3) is 0.500. The molecule has 0 heterocycles. The maximum atomic E-state index is 10.3. The third-order valence-corrected chi connectivity index (χ3v) is 2.55. The van der Waals surface area contributed by atoms with Crippen molar-refractivity contribution in [2.45, 2.75) is 6.92 Å². The van der Waals surface area contributed by atoms with Gasteiger partial charge in [0, 0.05) is 50.4 Å². The van der Waals surface area contributed by atoms with E-state index in [2.05, 4.69) is 16.0 Å². The van der Waals surface area contributed by atoms with E-state index in [1.165, 1.54) is 0 Å². The van der Waals surface area contributed by atoms with Gasteiger partial charge in [-0.15, -0.1) is 0 Å². The van der Waals surface area contributed by atoms with Crippen molar-refractivity contribution in [2.75, 3.05) is 53.4 Å². The predicted molar refractivity (Wildman–Crippen MR) is 111 cm³/mol. The highest BCUT2D eigenvalue weighted by Gasteiger charge is 1.95. The average Bonchev–Trinajstić information content (AvgIpc) is 2.68. The van der Waals surface area contributed by atoms with Gasteiger partial charge in [-0.3, -0.25) is 14.4 Å². The van der Waals surface area contributed by atoms with Crippen LogP contribution in [0.25, 0.3) is 0 Å². The van der Waals surface area contributed by atoms with E-state index in [1.54, 1.807) is 18.2 Å². The normalized spacial score (nSPS) is 8.52. The van der Waals surface area contributed by atoms with Crippen LogP contribution < -0.4 is 33.2 Å². The van der Waals surface area contributed by atoms with Gasteiger partial charge in [0.2, 0.25) is 6.41 Å². The van der Waals surface area contributed by atoms with Crippen molar-refractivity contribution in [2.24, 2.45) is 17.2 Å². The number of nitrogens with one attached hydrogen (secondary N) is 3. The summed E-state index contributed by atoms with van der Waals surface area (Å²) in [6, 6.07) is 5.03. The SMILES string of the molecule is CNCCN.CNCCN.Cc1cc(C=O)cc(C=O)c1.NCCNC=O. The van der Waals surface area contributed by atoms with Crippen molar-refractivity contribution < 1.29 is 14.4 Å². The Hall–Kier alpha value is -2.17. The van der Waals surface area contributed by atoms with Crippen molar-refractivity contribution >= 4 is 19.0 Å². The highest BCUT2D eigenvalue weighted by Crippen LogP contribution is 2.05. The Kier molecular flexibility index (Phi) is 28.6. The van der Waals surface area contributed by atoms with Gasteiger partial charge in [0.1, 0.15) is 12.6 Å². The van der Waals surface area contributed by atoms with Crippen molar-refractivity contribution in [3.63, 3.8) is 0 Å². The minimum atomic E-state index is 0.513. The molecule has 0 radical (unpaired) electrons. The van der Waals surface area contributed by atoms with Crippen LogP contribution in [0.4, 0.5) is 0 Å². The van der Waals surface area contributed by atoms with Gasteiger partial charge in [0.05, 0.1) is 0 Å². The van der Waals surface area contributed by atoms with E-state index in [0.29, 0.717) is 30.6 Å². The standard InChI is InChI=1S/C9H8O2.C3H8N2O.2C3H10N2/c1-7-2-8(5-10)4-9(3-7)6-11;4-1-2-5-3-6;2*1-5-3-2-4/h2-6H,1H3;3H,1-2,4H2,(H,5,6);2*5H,2-4H2,1H3. The molecule has 1 aromatic rings. The Bertz CT molecular complexity index is 436. The lowest BCUT2D eigenvalue weighted by molar-refractivity contribution is -0.109. The molecule has 1 rings (SSSR count). The first-order chi connectivity index (χ1) is 13.0. The summed E-state index contributed by atoms with van der Waals surface area (Å²) in [4.78, 5) is 30.0. The number of amides is 1. The van der Waals surface area contributed by atoms with Gasteiger partial charge in [-0.25, -0.2) is 0 Å². The fourth-order valence-electron chi connectivity index (χ4n) is 1.41. The first-order valence-corrected chi connectivity index (χ1v) is 8.59. The van der Waals surface area contributed by atoms with Crippen molar-refractivity contribution in [1.82, 2.24) is 16.0 Å². The molecule has 27 heavy (non-hydrogen) atoms. The monoisotopic (exact) mass is 384 g/mol. The number of hydrogen-bond acceptors (Lipinski definition) is 8. The number of nitrogens with two attached hydrogens (primary N) is 3. The molecule has 9 nitrogen and oxygen atoms in total. The maximum absolute atomic E-state index is 10.3. The lowest BCUT2D eigenvalue weighted by Gasteiger charge is -1.95. The van der Waals surface area contributed by atoms with E-state index < -0.39 is 0 Å². The van der Waals surface area contributed by atoms with Gasteiger partial charge in [-0.2, -0.15) is 0 Å². The molecule has 0 spiro atoms. The second-order valence-electron chi connectivity index (χ2n) is 5.06. The van der Waals surface area contributed by atoms with Crippen LogP contribution >= 0.6 is 0 Å². The number of carbonyl (C=O) groups is 3. The van der Waals surface area contributed by atoms with Crippen LogP contribution in [0, 0.1) is 6.92 Å². The molecule has 0 aliphatic heterocycles. The van der Waals surface area contributed by atoms with Gasteiger partial charge >= 0.3 is 0 Å². The molecule has 156 valence electrons. The van der Waals surface area contributed by atoms with Gasteiger partial charge in [0.15, 0.2) is 0 Å². The summed E-state index contributed by atoms with van der Waals surface area (Å²) < 4.78 is 0. The molecule has 0 aromatic heterocycles. The molecular weight excluding hydrogens is 348 g/mol. The predicted octanol–water partition coefficient (Wildman–Crippen LogP) is -1.36. The van der Waals surface area contributed by atoms with Gasteiger partial charge in [0.25, 0.3) is 0 Å². The lowest BCUT2D eigenvalue weighted by Crippen LogP contribution is -2.20. The van der Waals surface area contributed by atoms with Gasteiger partial charge in [-0.1, -0.05) is 0 Å². The van der Waals surface area contributed by atoms with Crippen molar-refractivity contribution in [1.29, 1.82) is 0 Å². The fourth-order valence-corrected chi connectivity index (χ4v) is 1.41. The van der Waals surface area contributed by atoms with E-state index in [1.807, 2.05) is 21.0 Å². The van der Waals surface area contributed by atoms with Crippen molar-refractivity contribution in [3.05, 3.63) is 34.9 Å². The number of likely N-dealkylation sites (N-methyl/N-ethyl adjacent to an activating group) is 2. The van der Waals surface area contributed by atoms with E-state index in [0.717, 1.165) is 44.3 Å². The Morgan fingerprint density at radius 2 is 1.19 bits per heavy atom. The highest BCUT2D eigenvalue weighted by atomic mass is 16.1. The molecule has 9 N–H and O–H groups in total. The summed E-state index contributed by atoms with van der Waals surface area (Å²) in [5, 5.41) is 8.18. The molecule has 0 saturated heterocycles. The number of hydrogen-bond donors (Lipinski definition) is 6. The summed E-state index contributed by atoms with van der Waals surface area (Å²) in [7, 11) is 3.76. The lowest BCUT2D eigenvalue weighted by atomic mass is 10.1. The average molecular weight is 385 g/mol. The largest absolute Gasteiger partial charge is 0.357 e. The molecular formula is C18H36N6O3. The van der Waals surface area contributed by atoms with E-state index in [4.69, 9.17) is 17.2 Å². The van der Waals surface area contributed by atoms with Crippen LogP contribution in [0.5, 0.6) is 0 Å². The molecule has 0 fully saturated rings. The Morgan fingerprint density at radius 1 is 0.778 bits per heavy atom. The first kappa shape index (κ1) is 29.6. The van der Waals surface area contributed by atoms with Gasteiger partial charge in [-0.05, 0) is 44.8 Å². The molecule has 0 bridgehead atoms. The molecule has 9 heteroatoms. The van der Waals surface area contributed by atoms with Crippen LogP contribution in [-0.2, 0) is 4.79 Å². The second-order valence-corrected chi connectivity index (χ2v) is 5.06. The zero-order chi connectivity index (χ0) is 21.3. The van der Waals surface area contributed by atoms with Crippen LogP contribution in [0.2, 0.25) is 0 Å². The summed E-state index contributed by atoms with van der Waals surface area (Å²) >= 11 is 0. The second kappa shape index (κ2) is 26.1. The quantitative estimate of drug-likeness (QED) is 0.224. The van der Waals surface area contributed by atoms with Crippen LogP contribution in [-0.4, -0.2) is 72.3 Å². The number of benzene rings is 1. The third kappa shape index (κ3) is 26.2. The third-order valence-electron chi connectivity index (χ3n) is 2.55. The summed E-state index contributed by atoms with van der Waals surface area (Å²) in [5.74, 6) is 0. The minimum absolute atomic E-state index is 0.513. The zero-order valence-electron chi connectivity index (χ0n) is 16.7. The topological polar surface area (TPSA) is 165 Å². The molecule has 0 unspecified atom stereocenters. The van der Waals surface area contributed by atoms with Crippen LogP contribution in [0.15, 0.2) is 18.2 Å². The molecule has 0 aliphatic rings. The van der Waals surface area contributed by atoms with Crippen LogP contribution in [0.1, 0.15) is 26.3 Å². The zero-order valence-corrected chi connectivity index (χ0v) is 16.7. The summed E-state index contributed by atoms with van der Waals surface area (Å²) in [6.45, 7) is 6.23. The summed E-state index contributed by atoms with van der Waals surface area (Å²) in [5.41, 5.74) is 17.2. The van der Waals surface area contributed by atoms with Crippen LogP contribution in [0.3, 0.4) is 0 Å². The number of carbonyl (C=O) groups excluding carboxylic acids is 3.